The van der Waals surface area contributed by atoms with E-state index in [-0.39, 0.29) is 31.2 Å². The van der Waals surface area contributed by atoms with Crippen molar-refractivity contribution in [2.45, 2.75) is 38.8 Å². The van der Waals surface area contributed by atoms with Crippen molar-refractivity contribution in [2.24, 2.45) is 0 Å². The van der Waals surface area contributed by atoms with E-state index >= 15 is 0 Å². The van der Waals surface area contributed by atoms with Crippen molar-refractivity contribution >= 4 is 29.1 Å². The van der Waals surface area contributed by atoms with Gasteiger partial charge in [-0.15, -0.1) is 12.4 Å². The predicted molar refractivity (Wildman–Crippen MR) is 161 cm³/mol. The molecule has 6 nitrogen and oxygen atoms in total. The Kier molecular flexibility index (Phi) is 10.7. The molecule has 0 amide bonds. The molecule has 0 spiro atoms. The molecule has 0 fully saturated rings. The summed E-state index contributed by atoms with van der Waals surface area (Å²) >= 11 is 0. The fourth-order valence-corrected chi connectivity index (χ4v) is 4.59. The number of benzene rings is 4. The van der Waals surface area contributed by atoms with E-state index in [4.69, 9.17) is 9.47 Å². The largest absolute Gasteiger partial charge is 0.489 e. The summed E-state index contributed by atoms with van der Waals surface area (Å²) < 4.78 is 11.0. The monoisotopic (exact) mass is 558 g/mol. The zero-order valence-electron chi connectivity index (χ0n) is 23.0. The third-order valence-electron chi connectivity index (χ3n) is 6.54. The molecule has 2 N–H and O–H groups in total. The first-order chi connectivity index (χ1) is 18.8. The van der Waals surface area contributed by atoms with Gasteiger partial charge in [-0.2, -0.15) is 5.26 Å². The Bertz CT molecular complexity index is 1500. The van der Waals surface area contributed by atoms with Crippen LogP contribution in [-0.4, -0.2) is 42.5 Å². The molecule has 40 heavy (non-hydrogen) atoms. The molecule has 0 saturated heterocycles. The van der Waals surface area contributed by atoms with Crippen LogP contribution in [0.25, 0.3) is 21.9 Å². The number of carbonyl (C=O) groups excluding carboxylic acids is 1. The number of esters is 1. The molecule has 0 aliphatic heterocycles. The van der Waals surface area contributed by atoms with Crippen LogP contribution in [0.2, 0.25) is 0 Å². The molecule has 4 aromatic rings. The van der Waals surface area contributed by atoms with Crippen LogP contribution >= 0.6 is 12.4 Å². The average Bonchev–Trinajstić information content (AvgIpc) is 2.94. The molecule has 0 unspecified atom stereocenters. The number of rotatable bonds is 11. The number of nitriles is 1. The van der Waals surface area contributed by atoms with Gasteiger partial charge in [-0.3, -0.25) is 0 Å². The zero-order chi connectivity index (χ0) is 27.8. The first-order valence-electron chi connectivity index (χ1n) is 13.1. The van der Waals surface area contributed by atoms with E-state index in [1.807, 2.05) is 24.3 Å². The Labute approximate surface area is 242 Å². The maximum Gasteiger partial charge on any atom is 0.338 e. The Morgan fingerprint density at radius 3 is 2.48 bits per heavy atom. The maximum absolute atomic E-state index is 12.4. The number of β-amino-alcohol motifs (C(OH)–C–C–N with tert-alkyl or cyclic N) is 1. The van der Waals surface area contributed by atoms with Crippen LogP contribution in [0, 0.1) is 11.3 Å². The van der Waals surface area contributed by atoms with Crippen molar-refractivity contribution in [3.8, 4) is 22.9 Å². The van der Waals surface area contributed by atoms with Crippen molar-refractivity contribution in [3.05, 3.63) is 102 Å². The minimum absolute atomic E-state index is 0. The highest BCUT2D eigenvalue weighted by Gasteiger charge is 2.20. The van der Waals surface area contributed by atoms with Gasteiger partial charge in [-0.1, -0.05) is 66.7 Å². The molecule has 7 heteroatoms. The topological polar surface area (TPSA) is 91.6 Å². The second-order valence-corrected chi connectivity index (χ2v) is 10.2. The lowest BCUT2D eigenvalue weighted by Gasteiger charge is -2.28. The number of nitrogens with one attached hydrogen (secondary N) is 1. The minimum atomic E-state index is -0.767. The van der Waals surface area contributed by atoms with Gasteiger partial charge in [0, 0.05) is 12.1 Å². The van der Waals surface area contributed by atoms with Gasteiger partial charge in [-0.25, -0.2) is 4.79 Å². The number of nitrogens with zero attached hydrogens (tertiary/aromatic N) is 1. The minimum Gasteiger partial charge on any atom is -0.489 e. The van der Waals surface area contributed by atoms with Crippen LogP contribution in [0.15, 0.2) is 84.9 Å². The van der Waals surface area contributed by atoms with Crippen LogP contribution in [0.4, 0.5) is 0 Å². The van der Waals surface area contributed by atoms with Gasteiger partial charge in [0.05, 0.1) is 17.7 Å². The molecule has 0 saturated carbocycles. The number of fused-ring (bicyclic) bond motifs is 1. The van der Waals surface area contributed by atoms with E-state index in [0.29, 0.717) is 34.5 Å². The normalized spacial score (nSPS) is 11.8. The summed E-state index contributed by atoms with van der Waals surface area (Å²) in [5, 5.41) is 26.2. The van der Waals surface area contributed by atoms with Crippen LogP contribution in [0.5, 0.6) is 5.75 Å². The van der Waals surface area contributed by atoms with E-state index < -0.39 is 12.1 Å². The first kappa shape index (κ1) is 30.6. The maximum atomic E-state index is 12.4. The molecule has 1 atom stereocenters. The average molecular weight is 559 g/mol. The highest BCUT2D eigenvalue weighted by Crippen LogP contribution is 2.29. The van der Waals surface area contributed by atoms with Crippen LogP contribution in [0.3, 0.4) is 0 Å². The lowest BCUT2D eigenvalue weighted by Crippen LogP contribution is -2.46. The van der Waals surface area contributed by atoms with Crippen LogP contribution in [0.1, 0.15) is 42.3 Å². The molecular weight excluding hydrogens is 524 g/mol. The Morgan fingerprint density at radius 1 is 1.00 bits per heavy atom. The van der Waals surface area contributed by atoms with Crippen LogP contribution in [-0.2, 0) is 11.2 Å². The van der Waals surface area contributed by atoms with E-state index in [0.717, 1.165) is 6.42 Å². The smallest absolute Gasteiger partial charge is 0.338 e. The molecule has 0 heterocycles. The van der Waals surface area contributed by atoms with Crippen molar-refractivity contribution < 1.29 is 19.4 Å². The predicted octanol–water partition coefficient (Wildman–Crippen LogP) is 6.33. The van der Waals surface area contributed by atoms with Gasteiger partial charge in [-0.05, 0) is 72.9 Å². The zero-order valence-corrected chi connectivity index (χ0v) is 23.8. The summed E-state index contributed by atoms with van der Waals surface area (Å²) in [5.74, 6) is -0.0320. The summed E-state index contributed by atoms with van der Waals surface area (Å²) in [6, 6.07) is 29.2. The number of aliphatic hydroxyl groups is 1. The van der Waals surface area contributed by atoms with E-state index in [9.17, 15) is 15.2 Å². The summed E-state index contributed by atoms with van der Waals surface area (Å²) in [6.45, 7) is 6.63. The Balaban J connectivity index is 0.00000441. The van der Waals surface area contributed by atoms with Crippen molar-refractivity contribution in [1.82, 2.24) is 5.32 Å². The fraction of sp³-hybridized carbons (Fsp3) is 0.273. The second-order valence-electron chi connectivity index (χ2n) is 10.2. The van der Waals surface area contributed by atoms with E-state index in [2.05, 4.69) is 55.6 Å². The molecule has 0 aromatic heterocycles. The number of carbonyl (C=O) groups is 1. The summed E-state index contributed by atoms with van der Waals surface area (Å²) in [6.07, 6.45) is 0.0373. The van der Waals surface area contributed by atoms with Gasteiger partial charge in [0.1, 0.15) is 24.5 Å². The number of ether oxygens (including phenoxy) is 2. The summed E-state index contributed by atoms with van der Waals surface area (Å²) in [4.78, 5) is 12.4. The molecular formula is C33H35ClN2O4. The SMILES string of the molecule is CCOC(=O)c1ccccc1-c1ccc(OC[C@H](O)CNC(C)(C)Cc2ccc3ccccc3c2)c(C#N)c1.Cl. The van der Waals surface area contributed by atoms with E-state index in [1.165, 1.54) is 16.3 Å². The van der Waals surface area contributed by atoms with E-state index in [1.54, 1.807) is 37.3 Å². The van der Waals surface area contributed by atoms with Gasteiger partial charge >= 0.3 is 5.97 Å². The van der Waals surface area contributed by atoms with Gasteiger partial charge in [0.15, 0.2) is 0 Å². The molecule has 208 valence electrons. The molecule has 4 rings (SSSR count). The molecule has 4 aromatic carbocycles. The lowest BCUT2D eigenvalue weighted by molar-refractivity contribution is 0.0527. The van der Waals surface area contributed by atoms with Crippen molar-refractivity contribution in [3.63, 3.8) is 0 Å². The highest BCUT2D eigenvalue weighted by atomic mass is 35.5. The van der Waals surface area contributed by atoms with Crippen molar-refractivity contribution in [2.75, 3.05) is 19.8 Å². The lowest BCUT2D eigenvalue weighted by atomic mass is 9.93. The van der Waals surface area contributed by atoms with Gasteiger partial charge < -0.3 is 19.9 Å². The van der Waals surface area contributed by atoms with Crippen LogP contribution < -0.4 is 10.1 Å². The van der Waals surface area contributed by atoms with Gasteiger partial charge in [0.25, 0.3) is 0 Å². The standard InChI is InChI=1S/C33H34N2O4.ClH/c1-4-38-32(37)30-12-8-7-11-29(30)26-15-16-31(27(18-26)20-34)39-22-28(36)21-35-33(2,3)19-23-13-14-24-9-5-6-10-25(24)17-23;/h5-18,28,35-36H,4,19,21-22H2,1-3H3;1H/t28-;/m1./s1. The first-order valence-corrected chi connectivity index (χ1v) is 13.1. The quantitative estimate of drug-likeness (QED) is 0.209. The Morgan fingerprint density at radius 2 is 1.73 bits per heavy atom. The number of halogens is 1. The number of hydrogen-bond donors (Lipinski definition) is 2. The molecule has 0 aliphatic rings. The third-order valence-corrected chi connectivity index (χ3v) is 6.54. The third kappa shape index (κ3) is 7.83. The second kappa shape index (κ2) is 14.0. The van der Waals surface area contributed by atoms with Crippen molar-refractivity contribution in [1.29, 1.82) is 5.26 Å². The highest BCUT2D eigenvalue weighted by molar-refractivity contribution is 5.97. The Hall–Kier alpha value is -3.89. The summed E-state index contributed by atoms with van der Waals surface area (Å²) in [5.41, 5.74) is 3.12. The fourth-order valence-electron chi connectivity index (χ4n) is 4.59. The molecule has 0 bridgehead atoms. The molecule has 0 radical (unpaired) electrons. The number of aliphatic hydroxyl groups excluding tert-OH is 1. The summed E-state index contributed by atoms with van der Waals surface area (Å²) in [7, 11) is 0. The molecule has 0 aliphatic carbocycles. The number of hydrogen-bond acceptors (Lipinski definition) is 6. The van der Waals surface area contributed by atoms with Gasteiger partial charge in [0.2, 0.25) is 0 Å².